The van der Waals surface area contributed by atoms with Crippen LogP contribution in [0.15, 0.2) is 36.4 Å². The van der Waals surface area contributed by atoms with Gasteiger partial charge in [0.1, 0.15) is 12.3 Å². The predicted molar refractivity (Wildman–Crippen MR) is 95.7 cm³/mol. The summed E-state index contributed by atoms with van der Waals surface area (Å²) in [4.78, 5) is 25.0. The minimum Gasteiger partial charge on any atom is -0.468 e. The molecule has 1 aromatic carbocycles. The molecule has 0 fully saturated rings. The number of hydrogen-bond acceptors (Lipinski definition) is 5. The molecule has 1 aromatic rings. The Morgan fingerprint density at radius 2 is 2.13 bits per heavy atom. The summed E-state index contributed by atoms with van der Waals surface area (Å²) in [5.41, 5.74) is 2.00. The fraction of sp³-hybridized carbons (Fsp3) is 0.444. The number of benzene rings is 1. The number of hydrogen-bond donors (Lipinski definition) is 0. The van der Waals surface area contributed by atoms with Crippen LogP contribution in [0, 0.1) is 6.92 Å². The topological polar surface area (TPSA) is 46.6 Å². The molecule has 1 atom stereocenters. The number of ether oxygens (including phenoxy) is 1. The van der Waals surface area contributed by atoms with Crippen molar-refractivity contribution in [1.82, 2.24) is 4.90 Å². The molecule has 0 heterocycles. The summed E-state index contributed by atoms with van der Waals surface area (Å²) in [7, 11) is 1.41. The number of methoxy groups -OCH3 is 1. The third kappa shape index (κ3) is 6.20. The fourth-order valence-corrected chi connectivity index (χ4v) is 2.89. The highest BCUT2D eigenvalue weighted by molar-refractivity contribution is 7.98. The molecule has 0 spiro atoms. The van der Waals surface area contributed by atoms with Crippen molar-refractivity contribution in [3.05, 3.63) is 47.5 Å². The van der Waals surface area contributed by atoms with Gasteiger partial charge in [-0.3, -0.25) is 9.69 Å². The van der Waals surface area contributed by atoms with E-state index in [4.69, 9.17) is 4.74 Å². The molecule has 126 valence electrons. The summed E-state index contributed by atoms with van der Waals surface area (Å²) in [6, 6.07) is 7.38. The van der Waals surface area contributed by atoms with Crippen LogP contribution in [0.5, 0.6) is 0 Å². The number of thioether (sulfide) groups is 1. The first-order valence-electron chi connectivity index (χ1n) is 7.62. The number of allylic oxidation sites excluding steroid dienone is 1. The molecule has 0 aliphatic heterocycles. The average molecular weight is 335 g/mol. The number of aryl methyl sites for hydroxylation is 1. The molecule has 0 radical (unpaired) electrons. The van der Waals surface area contributed by atoms with Crippen LogP contribution in [-0.4, -0.2) is 49.4 Å². The quantitative estimate of drug-likeness (QED) is 0.285. The van der Waals surface area contributed by atoms with Crippen LogP contribution in [0.1, 0.15) is 23.6 Å². The van der Waals surface area contributed by atoms with Crippen molar-refractivity contribution in [2.45, 2.75) is 19.4 Å². The molecule has 1 rings (SSSR count). The van der Waals surface area contributed by atoms with E-state index in [1.165, 1.54) is 13.2 Å². The van der Waals surface area contributed by atoms with Gasteiger partial charge in [0.25, 0.3) is 0 Å². The Hall–Kier alpha value is -1.59. The van der Waals surface area contributed by atoms with Gasteiger partial charge in [-0.1, -0.05) is 30.3 Å². The molecule has 0 N–H and O–H groups in total. The fourth-order valence-electron chi connectivity index (χ4n) is 2.47. The normalized spacial score (nSPS) is 12.5. The molecule has 4 nitrogen and oxygen atoms in total. The first-order valence-corrected chi connectivity index (χ1v) is 9.01. The number of nitrogens with zero attached hydrogens (tertiary/aromatic N) is 1. The molecule has 0 saturated heterocycles. The Labute approximate surface area is 142 Å². The average Bonchev–Trinajstić information content (AvgIpc) is 2.56. The third-order valence-corrected chi connectivity index (χ3v) is 4.32. The van der Waals surface area contributed by atoms with Crippen molar-refractivity contribution in [3.63, 3.8) is 0 Å². The van der Waals surface area contributed by atoms with Crippen molar-refractivity contribution >= 4 is 24.0 Å². The molecular weight excluding hydrogens is 310 g/mol. The molecular formula is C18H25NO3S. The van der Waals surface area contributed by atoms with Gasteiger partial charge in [-0.05, 0) is 42.6 Å². The molecule has 0 aromatic heterocycles. The van der Waals surface area contributed by atoms with Gasteiger partial charge in [-0.25, -0.2) is 4.79 Å². The Kier molecular flexibility index (Phi) is 9.33. The monoisotopic (exact) mass is 335 g/mol. The van der Waals surface area contributed by atoms with E-state index in [1.54, 1.807) is 17.8 Å². The molecule has 0 unspecified atom stereocenters. The lowest BCUT2D eigenvalue weighted by atomic mass is 9.99. The molecule has 0 saturated carbocycles. The molecule has 0 bridgehead atoms. The lowest BCUT2D eigenvalue weighted by Gasteiger charge is -2.30. The van der Waals surface area contributed by atoms with Gasteiger partial charge in [0.05, 0.1) is 7.11 Å². The van der Waals surface area contributed by atoms with Crippen LogP contribution in [0.4, 0.5) is 0 Å². The lowest BCUT2D eigenvalue weighted by molar-refractivity contribution is -0.147. The van der Waals surface area contributed by atoms with E-state index in [2.05, 4.69) is 11.2 Å². The second-order valence-corrected chi connectivity index (χ2v) is 6.17. The predicted octanol–water partition coefficient (Wildman–Crippen LogP) is 3.02. The van der Waals surface area contributed by atoms with E-state index in [0.29, 0.717) is 6.54 Å². The zero-order valence-corrected chi connectivity index (χ0v) is 14.8. The summed E-state index contributed by atoms with van der Waals surface area (Å²) in [6.07, 6.45) is 7.03. The van der Waals surface area contributed by atoms with E-state index in [1.807, 2.05) is 31.2 Å². The smallest absolute Gasteiger partial charge is 0.327 e. The minimum absolute atomic E-state index is 0.275. The van der Waals surface area contributed by atoms with Gasteiger partial charge in [0, 0.05) is 13.1 Å². The summed E-state index contributed by atoms with van der Waals surface area (Å²) in [5, 5.41) is 0. The van der Waals surface area contributed by atoms with Crippen LogP contribution in [0.3, 0.4) is 0 Å². The SMILES string of the molecule is COC(=O)[C@H](c1ccccc1C)N(C/C=C/C=O)CCCSC. The second-order valence-electron chi connectivity index (χ2n) is 5.19. The highest BCUT2D eigenvalue weighted by atomic mass is 32.2. The van der Waals surface area contributed by atoms with Gasteiger partial charge in [0.2, 0.25) is 0 Å². The number of rotatable bonds is 10. The third-order valence-electron chi connectivity index (χ3n) is 3.62. The van der Waals surface area contributed by atoms with Gasteiger partial charge in [0.15, 0.2) is 0 Å². The molecule has 5 heteroatoms. The number of aldehydes is 1. The summed E-state index contributed by atoms with van der Waals surface area (Å²) < 4.78 is 5.04. The van der Waals surface area contributed by atoms with E-state index in [-0.39, 0.29) is 5.97 Å². The molecule has 0 amide bonds. The van der Waals surface area contributed by atoms with Gasteiger partial charge in [-0.15, -0.1) is 0 Å². The Morgan fingerprint density at radius 1 is 1.39 bits per heavy atom. The maximum Gasteiger partial charge on any atom is 0.327 e. The largest absolute Gasteiger partial charge is 0.468 e. The lowest BCUT2D eigenvalue weighted by Crippen LogP contribution is -2.36. The maximum absolute atomic E-state index is 12.4. The number of carbonyl (C=O) groups is 2. The van der Waals surface area contributed by atoms with Crippen molar-refractivity contribution < 1.29 is 14.3 Å². The van der Waals surface area contributed by atoms with Crippen molar-refractivity contribution in [1.29, 1.82) is 0 Å². The Balaban J connectivity index is 3.09. The molecule has 0 aliphatic carbocycles. The van der Waals surface area contributed by atoms with E-state index < -0.39 is 6.04 Å². The maximum atomic E-state index is 12.4. The van der Waals surface area contributed by atoms with Gasteiger partial charge >= 0.3 is 5.97 Å². The zero-order valence-electron chi connectivity index (χ0n) is 14.0. The zero-order chi connectivity index (χ0) is 17.1. The van der Waals surface area contributed by atoms with Crippen LogP contribution >= 0.6 is 11.8 Å². The van der Waals surface area contributed by atoms with Gasteiger partial charge < -0.3 is 4.74 Å². The van der Waals surface area contributed by atoms with E-state index >= 15 is 0 Å². The van der Waals surface area contributed by atoms with E-state index in [9.17, 15) is 9.59 Å². The van der Waals surface area contributed by atoms with Crippen molar-refractivity contribution in [3.8, 4) is 0 Å². The molecule has 0 aliphatic rings. The van der Waals surface area contributed by atoms with Gasteiger partial charge in [-0.2, -0.15) is 11.8 Å². The van der Waals surface area contributed by atoms with Crippen molar-refractivity contribution in [2.24, 2.45) is 0 Å². The number of carbonyl (C=O) groups excluding carboxylic acids is 2. The van der Waals surface area contributed by atoms with Crippen LogP contribution < -0.4 is 0 Å². The highest BCUT2D eigenvalue weighted by Crippen LogP contribution is 2.25. The van der Waals surface area contributed by atoms with Crippen molar-refractivity contribution in [2.75, 3.05) is 32.2 Å². The van der Waals surface area contributed by atoms with Crippen LogP contribution in [-0.2, 0) is 14.3 Å². The highest BCUT2D eigenvalue weighted by Gasteiger charge is 2.28. The summed E-state index contributed by atoms with van der Waals surface area (Å²) in [6.45, 7) is 3.28. The Morgan fingerprint density at radius 3 is 2.74 bits per heavy atom. The van der Waals surface area contributed by atoms with Crippen LogP contribution in [0.25, 0.3) is 0 Å². The van der Waals surface area contributed by atoms with E-state index in [0.717, 1.165) is 36.1 Å². The Bertz CT molecular complexity index is 531. The standard InChI is InChI=1S/C18H25NO3S/c1-15-9-4-5-10-16(15)17(18(21)22-2)19(11-6-7-13-20)12-8-14-23-3/h4-7,9-10,13,17H,8,11-12,14H2,1-3H3/b7-6+/t17-/m0/s1. The molecule has 23 heavy (non-hydrogen) atoms. The minimum atomic E-state index is -0.459. The number of esters is 1. The first kappa shape index (κ1) is 19.5. The summed E-state index contributed by atoms with van der Waals surface area (Å²) in [5.74, 6) is 0.748. The summed E-state index contributed by atoms with van der Waals surface area (Å²) >= 11 is 1.78. The second kappa shape index (κ2) is 11.0. The first-order chi connectivity index (χ1) is 11.2. The van der Waals surface area contributed by atoms with Crippen LogP contribution in [0.2, 0.25) is 0 Å².